The Bertz CT molecular complexity index is 549. The van der Waals surface area contributed by atoms with Crippen LogP contribution in [-0.4, -0.2) is 37.2 Å². The molecule has 0 bridgehead atoms. The second-order valence-corrected chi connectivity index (χ2v) is 6.68. The molecule has 0 saturated carbocycles. The molecule has 1 N–H and O–H groups in total. The summed E-state index contributed by atoms with van der Waals surface area (Å²) in [4.78, 5) is 13.6. The third-order valence-electron chi connectivity index (χ3n) is 2.83. The van der Waals surface area contributed by atoms with E-state index in [-0.39, 0.29) is 5.75 Å². The number of ether oxygens (including phenoxy) is 1. The first-order chi connectivity index (χ1) is 10.4. The van der Waals surface area contributed by atoms with Gasteiger partial charge in [-0.2, -0.15) is 13.2 Å². The average Bonchev–Trinajstić information content (AvgIpc) is 2.32. The zero-order valence-corrected chi connectivity index (χ0v) is 14.0. The number of rotatable bonds is 4. The van der Waals surface area contributed by atoms with Crippen LogP contribution in [0.4, 0.5) is 18.0 Å². The van der Waals surface area contributed by atoms with Crippen molar-refractivity contribution in [1.82, 2.24) is 10.2 Å². The summed E-state index contributed by atoms with van der Waals surface area (Å²) in [5, 5.41) is 2.54. The lowest BCUT2D eigenvalue weighted by Crippen LogP contribution is -2.42. The van der Waals surface area contributed by atoms with E-state index in [1.54, 1.807) is 20.8 Å². The molecule has 23 heavy (non-hydrogen) atoms. The Balaban J connectivity index is 3.01. The lowest BCUT2D eigenvalue weighted by Gasteiger charge is -2.20. The van der Waals surface area contributed by atoms with E-state index in [0.717, 1.165) is 12.1 Å². The summed E-state index contributed by atoms with van der Waals surface area (Å²) in [5.41, 5.74) is -0.897. The number of nitrogens with zero attached hydrogens (tertiary/aromatic N) is 1. The number of carbonyl (C=O) groups is 1. The molecule has 0 radical (unpaired) electrons. The van der Waals surface area contributed by atoms with Crippen LogP contribution in [0.5, 0.6) is 5.75 Å². The van der Waals surface area contributed by atoms with Crippen molar-refractivity contribution in [1.29, 1.82) is 0 Å². The molecule has 0 aromatic heterocycles. The van der Waals surface area contributed by atoms with Crippen molar-refractivity contribution in [2.75, 3.05) is 20.6 Å². The van der Waals surface area contributed by atoms with Crippen LogP contribution in [0.1, 0.15) is 31.9 Å². The van der Waals surface area contributed by atoms with E-state index in [1.807, 2.05) is 19.0 Å². The van der Waals surface area contributed by atoms with Crippen molar-refractivity contribution in [3.63, 3.8) is 0 Å². The summed E-state index contributed by atoms with van der Waals surface area (Å²) in [5.74, 6) is -0.115. The highest BCUT2D eigenvalue weighted by Gasteiger charge is 2.31. The highest BCUT2D eigenvalue weighted by Crippen LogP contribution is 2.33. The minimum Gasteiger partial charge on any atom is -0.410 e. The Labute approximate surface area is 134 Å². The SMILES string of the molecule is CN(C)CCc1cc(OC(=O)NC(C)(C)C)cc(C(F)(F)F)c1. The molecule has 0 aliphatic carbocycles. The van der Waals surface area contributed by atoms with Crippen LogP contribution < -0.4 is 10.1 Å². The Kier molecular flexibility index (Phi) is 6.04. The minimum atomic E-state index is -4.49. The number of carbonyl (C=O) groups excluding carboxylic acids is 1. The van der Waals surface area contributed by atoms with Gasteiger partial charge in [0.25, 0.3) is 0 Å². The zero-order chi connectivity index (χ0) is 17.8. The molecule has 0 heterocycles. The fraction of sp³-hybridized carbons (Fsp3) is 0.562. The summed E-state index contributed by atoms with van der Waals surface area (Å²) in [6.07, 6.45) is -4.85. The first-order valence-corrected chi connectivity index (χ1v) is 7.23. The second-order valence-electron chi connectivity index (χ2n) is 6.68. The van der Waals surface area contributed by atoms with Crippen LogP contribution >= 0.6 is 0 Å². The summed E-state index contributed by atoms with van der Waals surface area (Å²) in [6, 6.07) is 3.38. The van der Waals surface area contributed by atoms with Crippen molar-refractivity contribution in [2.45, 2.75) is 38.9 Å². The first-order valence-electron chi connectivity index (χ1n) is 7.23. The lowest BCUT2D eigenvalue weighted by atomic mass is 10.1. The second kappa shape index (κ2) is 7.21. The highest BCUT2D eigenvalue weighted by atomic mass is 19.4. The number of alkyl halides is 3. The van der Waals surface area contributed by atoms with Gasteiger partial charge in [0.2, 0.25) is 0 Å². The third-order valence-corrected chi connectivity index (χ3v) is 2.83. The largest absolute Gasteiger partial charge is 0.416 e. The molecule has 130 valence electrons. The summed E-state index contributed by atoms with van der Waals surface area (Å²) in [6.45, 7) is 5.85. The van der Waals surface area contributed by atoms with E-state index < -0.39 is 23.4 Å². The summed E-state index contributed by atoms with van der Waals surface area (Å²) < 4.78 is 44.0. The Hall–Kier alpha value is -1.76. The van der Waals surface area contributed by atoms with Crippen LogP contribution in [0.2, 0.25) is 0 Å². The molecule has 1 amide bonds. The predicted octanol–water partition coefficient (Wildman–Crippen LogP) is 3.70. The van der Waals surface area contributed by atoms with Crippen LogP contribution in [0, 0.1) is 0 Å². The molecule has 4 nitrogen and oxygen atoms in total. The predicted molar refractivity (Wildman–Crippen MR) is 82.6 cm³/mol. The van der Waals surface area contributed by atoms with Gasteiger partial charge in [-0.15, -0.1) is 0 Å². The van der Waals surface area contributed by atoms with Crippen molar-refractivity contribution < 1.29 is 22.7 Å². The number of likely N-dealkylation sites (N-methyl/N-ethyl adjacent to an activating group) is 1. The van der Waals surface area contributed by atoms with Crippen LogP contribution in [0.25, 0.3) is 0 Å². The van der Waals surface area contributed by atoms with Crippen molar-refractivity contribution >= 4 is 6.09 Å². The number of hydrogen-bond donors (Lipinski definition) is 1. The monoisotopic (exact) mass is 332 g/mol. The van der Waals surface area contributed by atoms with Crippen molar-refractivity contribution in [2.24, 2.45) is 0 Å². The van der Waals surface area contributed by atoms with Gasteiger partial charge in [0.15, 0.2) is 0 Å². The molecule has 0 spiro atoms. The molecular formula is C16H23F3N2O2. The van der Waals surface area contributed by atoms with Crippen molar-refractivity contribution in [3.8, 4) is 5.75 Å². The number of halogens is 3. The Morgan fingerprint density at radius 2 is 1.78 bits per heavy atom. The third kappa shape index (κ3) is 7.36. The lowest BCUT2D eigenvalue weighted by molar-refractivity contribution is -0.137. The summed E-state index contributed by atoms with van der Waals surface area (Å²) in [7, 11) is 3.67. The molecule has 0 unspecified atom stereocenters. The molecule has 1 aromatic rings. The molecule has 1 rings (SSSR count). The maximum Gasteiger partial charge on any atom is 0.416 e. The number of amides is 1. The fourth-order valence-corrected chi connectivity index (χ4v) is 1.82. The molecular weight excluding hydrogens is 309 g/mol. The van der Waals surface area contributed by atoms with Gasteiger partial charge in [0.1, 0.15) is 5.75 Å². The maximum atomic E-state index is 13.0. The Morgan fingerprint density at radius 1 is 1.17 bits per heavy atom. The average molecular weight is 332 g/mol. The molecule has 0 aliphatic rings. The topological polar surface area (TPSA) is 41.6 Å². The van der Waals surface area contributed by atoms with Gasteiger partial charge in [-0.1, -0.05) is 0 Å². The van der Waals surface area contributed by atoms with Gasteiger partial charge in [-0.3, -0.25) is 0 Å². The maximum absolute atomic E-state index is 13.0. The molecule has 7 heteroatoms. The number of nitrogens with one attached hydrogen (secondary N) is 1. The van der Waals surface area contributed by atoms with E-state index in [4.69, 9.17) is 4.74 Å². The first kappa shape index (κ1) is 19.3. The minimum absolute atomic E-state index is 0.115. The van der Waals surface area contributed by atoms with Gasteiger partial charge in [-0.25, -0.2) is 4.79 Å². The van der Waals surface area contributed by atoms with Gasteiger partial charge >= 0.3 is 12.3 Å². The number of benzene rings is 1. The van der Waals surface area contributed by atoms with E-state index >= 15 is 0 Å². The van der Waals surface area contributed by atoms with E-state index in [9.17, 15) is 18.0 Å². The highest BCUT2D eigenvalue weighted by molar-refractivity contribution is 5.71. The van der Waals surface area contributed by atoms with E-state index in [0.29, 0.717) is 18.5 Å². The standard InChI is InChI=1S/C16H23F3N2O2/c1-15(2,3)20-14(22)23-13-9-11(6-7-21(4)5)8-12(10-13)16(17,18)19/h8-10H,6-7H2,1-5H3,(H,20,22). The van der Waals surface area contributed by atoms with Gasteiger partial charge in [0, 0.05) is 12.1 Å². The normalized spacial score (nSPS) is 12.4. The van der Waals surface area contributed by atoms with E-state index in [1.165, 1.54) is 6.07 Å². The van der Waals surface area contributed by atoms with Gasteiger partial charge < -0.3 is 15.0 Å². The summed E-state index contributed by atoms with van der Waals surface area (Å²) >= 11 is 0. The molecule has 0 aliphatic heterocycles. The zero-order valence-electron chi connectivity index (χ0n) is 14.0. The van der Waals surface area contributed by atoms with Crippen LogP contribution in [0.15, 0.2) is 18.2 Å². The molecule has 1 aromatic carbocycles. The quantitative estimate of drug-likeness (QED) is 0.914. The number of hydrogen-bond acceptors (Lipinski definition) is 3. The van der Waals surface area contributed by atoms with Crippen LogP contribution in [-0.2, 0) is 12.6 Å². The van der Waals surface area contributed by atoms with Gasteiger partial charge in [-0.05, 0) is 65.0 Å². The van der Waals surface area contributed by atoms with Crippen LogP contribution in [0.3, 0.4) is 0 Å². The van der Waals surface area contributed by atoms with E-state index in [2.05, 4.69) is 5.32 Å². The molecule has 0 fully saturated rings. The fourth-order valence-electron chi connectivity index (χ4n) is 1.82. The molecule has 0 atom stereocenters. The Morgan fingerprint density at radius 3 is 2.26 bits per heavy atom. The molecule has 0 saturated heterocycles. The van der Waals surface area contributed by atoms with Crippen molar-refractivity contribution in [3.05, 3.63) is 29.3 Å². The smallest absolute Gasteiger partial charge is 0.410 e. The van der Waals surface area contributed by atoms with Gasteiger partial charge in [0.05, 0.1) is 5.56 Å².